The van der Waals surface area contributed by atoms with Crippen LogP contribution in [0, 0.1) is 0 Å². The van der Waals surface area contributed by atoms with Crippen LogP contribution in [0.4, 0.5) is 0 Å². The highest BCUT2D eigenvalue weighted by atomic mass is 35.5. The third kappa shape index (κ3) is 7.18. The Balaban J connectivity index is 0.00000200. The average molecular weight is 357 g/mol. The predicted octanol–water partition coefficient (Wildman–Crippen LogP) is 2.22. The highest BCUT2D eigenvalue weighted by Gasteiger charge is 2.19. The fourth-order valence-corrected chi connectivity index (χ4v) is 2.09. The Bertz CT molecular complexity index is 412. The molecule has 1 aliphatic heterocycles. The predicted molar refractivity (Wildman–Crippen MR) is 87.9 cm³/mol. The maximum Gasteiger partial charge on any atom is 0.237 e. The lowest BCUT2D eigenvalue weighted by Gasteiger charge is -2.22. The van der Waals surface area contributed by atoms with Gasteiger partial charge >= 0.3 is 0 Å². The first-order chi connectivity index (χ1) is 9.25. The lowest BCUT2D eigenvalue weighted by molar-refractivity contribution is -0.123. The van der Waals surface area contributed by atoms with Crippen molar-refractivity contribution in [3.8, 4) is 5.88 Å². The van der Waals surface area contributed by atoms with Gasteiger partial charge in [0, 0.05) is 12.3 Å². The number of hydrogen-bond donors (Lipinski definition) is 2. The molecule has 0 unspecified atom stereocenters. The topological polar surface area (TPSA) is 63.2 Å². The van der Waals surface area contributed by atoms with Crippen LogP contribution < -0.4 is 15.4 Å². The molecule has 1 fully saturated rings. The van der Waals surface area contributed by atoms with E-state index >= 15 is 0 Å². The summed E-state index contributed by atoms with van der Waals surface area (Å²) in [5.41, 5.74) is 0. The Morgan fingerprint density at radius 2 is 2.24 bits per heavy atom. The molecule has 0 spiro atoms. The second kappa shape index (κ2) is 10.9. The lowest BCUT2D eigenvalue weighted by atomic mass is 10.0. The number of nitrogens with zero attached hydrogens (tertiary/aromatic N) is 1. The number of ether oxygens (including phenoxy) is 1. The molecule has 1 amide bonds. The van der Waals surface area contributed by atoms with E-state index in [1.54, 1.807) is 12.1 Å². The summed E-state index contributed by atoms with van der Waals surface area (Å²) < 4.78 is 5.39. The highest BCUT2D eigenvalue weighted by Crippen LogP contribution is 2.11. The number of amides is 1. The average Bonchev–Trinajstić information content (AvgIpc) is 2.46. The molecule has 1 aliphatic rings. The molecular weight excluding hydrogens is 337 g/mol. The van der Waals surface area contributed by atoms with Crippen LogP contribution >= 0.6 is 36.4 Å². The molecule has 8 heteroatoms. The minimum absolute atomic E-state index is 0. The molecule has 0 aromatic carbocycles. The van der Waals surface area contributed by atoms with Crippen molar-refractivity contribution in [1.82, 2.24) is 15.6 Å². The normalized spacial score (nSPS) is 17.1. The minimum Gasteiger partial charge on any atom is -0.476 e. The minimum atomic E-state index is -0.0533. The summed E-state index contributed by atoms with van der Waals surface area (Å²) in [7, 11) is 0. The molecule has 0 radical (unpaired) electrons. The van der Waals surface area contributed by atoms with Gasteiger partial charge in [0.1, 0.15) is 6.61 Å². The van der Waals surface area contributed by atoms with E-state index in [-0.39, 0.29) is 36.8 Å². The number of rotatable bonds is 5. The molecule has 1 aromatic heterocycles. The van der Waals surface area contributed by atoms with Gasteiger partial charge in [-0.2, -0.15) is 0 Å². The van der Waals surface area contributed by atoms with E-state index < -0.39 is 0 Å². The van der Waals surface area contributed by atoms with Gasteiger partial charge in [-0.05, 0) is 25.5 Å². The first-order valence-electron chi connectivity index (χ1n) is 6.51. The standard InChI is InChI=1S/C13H18ClN3O2.2ClH/c14-10-4-5-12(17-9-10)19-8-7-16-13(18)11-3-1-2-6-15-11;;/h4-5,9,11,15H,1-3,6-8H2,(H,16,18);2*1H/t11-;;/m1../s1. The number of aromatic nitrogens is 1. The van der Waals surface area contributed by atoms with E-state index in [0.717, 1.165) is 25.8 Å². The first kappa shape index (κ1) is 20.2. The zero-order valence-electron chi connectivity index (χ0n) is 11.5. The maximum atomic E-state index is 11.8. The largest absolute Gasteiger partial charge is 0.476 e. The molecular formula is C13H20Cl3N3O2. The van der Waals surface area contributed by atoms with Gasteiger partial charge in [0.15, 0.2) is 0 Å². The number of carbonyl (C=O) groups is 1. The smallest absolute Gasteiger partial charge is 0.237 e. The van der Waals surface area contributed by atoms with Crippen LogP contribution in [0.2, 0.25) is 5.02 Å². The molecule has 2 heterocycles. The summed E-state index contributed by atoms with van der Waals surface area (Å²) in [6, 6.07) is 3.36. The quantitative estimate of drug-likeness (QED) is 0.794. The molecule has 1 atom stereocenters. The lowest BCUT2D eigenvalue weighted by Crippen LogP contribution is -2.47. The fraction of sp³-hybridized carbons (Fsp3) is 0.538. The number of carbonyl (C=O) groups excluding carboxylic acids is 1. The van der Waals surface area contributed by atoms with Gasteiger partial charge in [-0.3, -0.25) is 4.79 Å². The van der Waals surface area contributed by atoms with Crippen molar-refractivity contribution >= 4 is 42.3 Å². The van der Waals surface area contributed by atoms with E-state index in [0.29, 0.717) is 24.1 Å². The van der Waals surface area contributed by atoms with Crippen LogP contribution in [0.3, 0.4) is 0 Å². The van der Waals surface area contributed by atoms with E-state index in [1.807, 2.05) is 0 Å². The van der Waals surface area contributed by atoms with Crippen molar-refractivity contribution in [2.75, 3.05) is 19.7 Å². The molecule has 21 heavy (non-hydrogen) atoms. The van der Waals surface area contributed by atoms with Crippen molar-refractivity contribution in [3.63, 3.8) is 0 Å². The van der Waals surface area contributed by atoms with Crippen molar-refractivity contribution in [3.05, 3.63) is 23.4 Å². The van der Waals surface area contributed by atoms with Crippen LogP contribution in [-0.4, -0.2) is 36.6 Å². The van der Waals surface area contributed by atoms with Gasteiger partial charge < -0.3 is 15.4 Å². The molecule has 0 bridgehead atoms. The van der Waals surface area contributed by atoms with Crippen LogP contribution in [0.1, 0.15) is 19.3 Å². The van der Waals surface area contributed by atoms with Crippen LogP contribution in [-0.2, 0) is 4.79 Å². The Morgan fingerprint density at radius 3 is 2.86 bits per heavy atom. The second-order valence-corrected chi connectivity index (χ2v) is 4.89. The summed E-state index contributed by atoms with van der Waals surface area (Å²) in [6.07, 6.45) is 4.69. The van der Waals surface area contributed by atoms with Crippen molar-refractivity contribution < 1.29 is 9.53 Å². The van der Waals surface area contributed by atoms with Crippen LogP contribution in [0.25, 0.3) is 0 Å². The summed E-state index contributed by atoms with van der Waals surface area (Å²) >= 11 is 5.72. The van der Waals surface area contributed by atoms with Crippen LogP contribution in [0.15, 0.2) is 18.3 Å². The van der Waals surface area contributed by atoms with Crippen molar-refractivity contribution in [2.24, 2.45) is 0 Å². The molecule has 2 rings (SSSR count). The number of hydrogen-bond acceptors (Lipinski definition) is 4. The summed E-state index contributed by atoms with van der Waals surface area (Å²) in [6.45, 7) is 1.79. The Kier molecular flexibility index (Phi) is 10.5. The molecule has 1 saturated heterocycles. The molecule has 0 saturated carbocycles. The molecule has 120 valence electrons. The van der Waals surface area contributed by atoms with Crippen molar-refractivity contribution in [2.45, 2.75) is 25.3 Å². The van der Waals surface area contributed by atoms with Crippen molar-refractivity contribution in [1.29, 1.82) is 0 Å². The summed E-state index contributed by atoms with van der Waals surface area (Å²) in [5.74, 6) is 0.557. The number of nitrogens with one attached hydrogen (secondary N) is 2. The van der Waals surface area contributed by atoms with Crippen LogP contribution in [0.5, 0.6) is 5.88 Å². The van der Waals surface area contributed by atoms with E-state index in [4.69, 9.17) is 16.3 Å². The molecule has 1 aromatic rings. The van der Waals surface area contributed by atoms with E-state index in [2.05, 4.69) is 15.6 Å². The monoisotopic (exact) mass is 355 g/mol. The first-order valence-corrected chi connectivity index (χ1v) is 6.89. The SMILES string of the molecule is Cl.Cl.O=C(NCCOc1ccc(Cl)cn1)[C@H]1CCCCN1. The number of piperidine rings is 1. The molecule has 5 nitrogen and oxygen atoms in total. The Morgan fingerprint density at radius 1 is 1.43 bits per heavy atom. The van der Waals surface area contributed by atoms with E-state index in [1.165, 1.54) is 6.20 Å². The zero-order chi connectivity index (χ0) is 13.5. The van der Waals surface area contributed by atoms with Gasteiger partial charge in [-0.25, -0.2) is 4.98 Å². The Labute approximate surface area is 142 Å². The van der Waals surface area contributed by atoms with E-state index in [9.17, 15) is 4.79 Å². The summed E-state index contributed by atoms with van der Waals surface area (Å²) in [4.78, 5) is 15.8. The van der Waals surface area contributed by atoms with Gasteiger partial charge in [0.25, 0.3) is 0 Å². The zero-order valence-corrected chi connectivity index (χ0v) is 13.9. The highest BCUT2D eigenvalue weighted by molar-refractivity contribution is 6.30. The van der Waals surface area contributed by atoms with Gasteiger partial charge in [0.05, 0.1) is 17.6 Å². The number of pyridine rings is 1. The number of halogens is 3. The van der Waals surface area contributed by atoms with Gasteiger partial charge in [-0.1, -0.05) is 18.0 Å². The third-order valence-electron chi connectivity index (χ3n) is 2.98. The Hall–Kier alpha value is -0.750. The van der Waals surface area contributed by atoms with Gasteiger partial charge in [-0.15, -0.1) is 24.8 Å². The summed E-state index contributed by atoms with van der Waals surface area (Å²) in [5, 5.41) is 6.63. The second-order valence-electron chi connectivity index (χ2n) is 4.46. The molecule has 2 N–H and O–H groups in total. The maximum absolute atomic E-state index is 11.8. The molecule has 0 aliphatic carbocycles. The fourth-order valence-electron chi connectivity index (χ4n) is 1.98. The van der Waals surface area contributed by atoms with Gasteiger partial charge in [0.2, 0.25) is 11.8 Å². The third-order valence-corrected chi connectivity index (χ3v) is 3.20.